The van der Waals surface area contributed by atoms with Crippen LogP contribution in [0.1, 0.15) is 74.7 Å². The van der Waals surface area contributed by atoms with Gasteiger partial charge in [0.05, 0.1) is 26.7 Å². The van der Waals surface area contributed by atoms with E-state index < -0.39 is 0 Å². The molecular weight excluding hydrogens is 507 g/mol. The van der Waals surface area contributed by atoms with E-state index in [2.05, 4.69) is 26.0 Å². The van der Waals surface area contributed by atoms with Crippen molar-refractivity contribution >= 4 is 5.97 Å². The van der Waals surface area contributed by atoms with Gasteiger partial charge in [-0.05, 0) is 102 Å². The Morgan fingerprint density at radius 1 is 1.02 bits per heavy atom. The minimum Gasteiger partial charge on any atom is -0.497 e. The molecule has 0 spiro atoms. The Kier molecular flexibility index (Phi) is 8.46. The zero-order valence-corrected chi connectivity index (χ0v) is 23.9. The number of methoxy groups -OCH3 is 2. The summed E-state index contributed by atoms with van der Waals surface area (Å²) < 4.78 is 38.1. The minimum atomic E-state index is -0.298. The standard InChI is InChI=1S/C34H39FO5/c1-34(2)15-6-16-39-33(34)30-17-22(9-13-27(30)29-19-25(37-3)12-14-31(29)35)21-40-26-8-5-7-24(18-26)28(23-10-11-23)20-32(36)38-4/h5,7-9,12-14,17-19,23,28,33H,6,10-11,15-16,20-21H2,1-4H3/t28-,33-/m1/s1. The average molecular weight is 547 g/mol. The van der Waals surface area contributed by atoms with Gasteiger partial charge in [-0.2, -0.15) is 0 Å². The normalized spacial score (nSPS) is 19.1. The molecule has 2 atom stereocenters. The molecule has 0 amide bonds. The van der Waals surface area contributed by atoms with E-state index in [4.69, 9.17) is 18.9 Å². The first-order valence-corrected chi connectivity index (χ1v) is 14.2. The predicted molar refractivity (Wildman–Crippen MR) is 153 cm³/mol. The second-order valence-electron chi connectivity index (χ2n) is 11.7. The number of halogens is 1. The number of esters is 1. The zero-order valence-electron chi connectivity index (χ0n) is 23.9. The molecule has 2 aliphatic rings. The maximum Gasteiger partial charge on any atom is 0.306 e. The molecule has 5 nitrogen and oxygen atoms in total. The van der Waals surface area contributed by atoms with Crippen molar-refractivity contribution in [2.45, 2.75) is 64.6 Å². The Morgan fingerprint density at radius 3 is 2.58 bits per heavy atom. The number of carbonyl (C=O) groups excluding carboxylic acids is 1. The number of carbonyl (C=O) groups is 1. The van der Waals surface area contributed by atoms with Crippen LogP contribution < -0.4 is 9.47 Å². The third kappa shape index (κ3) is 6.33. The van der Waals surface area contributed by atoms with Crippen molar-refractivity contribution in [1.29, 1.82) is 0 Å². The number of benzene rings is 3. The van der Waals surface area contributed by atoms with Crippen molar-refractivity contribution in [2.75, 3.05) is 20.8 Å². The van der Waals surface area contributed by atoms with Crippen molar-refractivity contribution in [2.24, 2.45) is 11.3 Å². The molecule has 0 radical (unpaired) electrons. The van der Waals surface area contributed by atoms with Crippen LogP contribution in [0.15, 0.2) is 60.7 Å². The van der Waals surface area contributed by atoms with E-state index in [9.17, 15) is 4.79 Å². The van der Waals surface area contributed by atoms with Gasteiger partial charge in [0.2, 0.25) is 0 Å². The van der Waals surface area contributed by atoms with Crippen LogP contribution in [0.3, 0.4) is 0 Å². The highest BCUT2D eigenvalue weighted by atomic mass is 19.1. The summed E-state index contributed by atoms with van der Waals surface area (Å²) in [4.78, 5) is 12.0. The summed E-state index contributed by atoms with van der Waals surface area (Å²) in [5.74, 6) is 1.54. The van der Waals surface area contributed by atoms with Gasteiger partial charge in [0.15, 0.2) is 0 Å². The molecule has 0 aromatic heterocycles. The first-order valence-electron chi connectivity index (χ1n) is 14.2. The molecule has 0 unspecified atom stereocenters. The van der Waals surface area contributed by atoms with Gasteiger partial charge in [-0.1, -0.05) is 38.1 Å². The van der Waals surface area contributed by atoms with Crippen molar-refractivity contribution in [1.82, 2.24) is 0 Å². The summed E-state index contributed by atoms with van der Waals surface area (Å²) in [5.41, 5.74) is 4.23. The summed E-state index contributed by atoms with van der Waals surface area (Å²) in [6.07, 6.45) is 4.50. The molecule has 5 rings (SSSR count). The second kappa shape index (κ2) is 12.0. The highest BCUT2D eigenvalue weighted by molar-refractivity contribution is 5.71. The lowest BCUT2D eigenvalue weighted by molar-refractivity contribution is -0.141. The molecule has 2 fully saturated rings. The van der Waals surface area contributed by atoms with E-state index in [0.29, 0.717) is 36.9 Å². The number of hydrogen-bond donors (Lipinski definition) is 0. The van der Waals surface area contributed by atoms with Crippen LogP contribution in [0, 0.1) is 17.2 Å². The fourth-order valence-corrected chi connectivity index (χ4v) is 5.92. The van der Waals surface area contributed by atoms with Crippen molar-refractivity contribution in [3.63, 3.8) is 0 Å². The van der Waals surface area contributed by atoms with E-state index in [1.807, 2.05) is 30.3 Å². The molecule has 3 aromatic rings. The summed E-state index contributed by atoms with van der Waals surface area (Å²) in [7, 11) is 3.02. The highest BCUT2D eigenvalue weighted by Crippen LogP contribution is 2.48. The zero-order chi connectivity index (χ0) is 28.3. The van der Waals surface area contributed by atoms with E-state index in [-0.39, 0.29) is 29.2 Å². The summed E-state index contributed by atoms with van der Waals surface area (Å²) in [6, 6.07) is 18.9. The van der Waals surface area contributed by atoms with Gasteiger partial charge >= 0.3 is 5.97 Å². The summed E-state index contributed by atoms with van der Waals surface area (Å²) in [5, 5.41) is 0. The lowest BCUT2D eigenvalue weighted by Crippen LogP contribution is -2.30. The van der Waals surface area contributed by atoms with Crippen molar-refractivity contribution in [3.8, 4) is 22.6 Å². The van der Waals surface area contributed by atoms with Gasteiger partial charge in [0, 0.05) is 12.2 Å². The van der Waals surface area contributed by atoms with Gasteiger partial charge in [-0.25, -0.2) is 4.39 Å². The van der Waals surface area contributed by atoms with E-state index in [1.165, 1.54) is 13.2 Å². The summed E-state index contributed by atoms with van der Waals surface area (Å²) in [6.45, 7) is 5.45. The molecule has 40 heavy (non-hydrogen) atoms. The third-order valence-corrected chi connectivity index (χ3v) is 8.32. The first kappa shape index (κ1) is 28.2. The Balaban J connectivity index is 1.43. The first-order chi connectivity index (χ1) is 19.3. The maximum absolute atomic E-state index is 15.1. The maximum atomic E-state index is 15.1. The lowest BCUT2D eigenvalue weighted by Gasteiger charge is -2.39. The van der Waals surface area contributed by atoms with Crippen LogP contribution in [-0.2, 0) is 20.9 Å². The number of rotatable bonds is 10. The topological polar surface area (TPSA) is 54.0 Å². The van der Waals surface area contributed by atoms with Crippen LogP contribution in [0.4, 0.5) is 4.39 Å². The van der Waals surface area contributed by atoms with Crippen molar-refractivity contribution in [3.05, 3.63) is 83.2 Å². The molecule has 1 heterocycles. The Labute approximate surface area is 236 Å². The summed E-state index contributed by atoms with van der Waals surface area (Å²) >= 11 is 0. The fraction of sp³-hybridized carbons (Fsp3) is 0.441. The third-order valence-electron chi connectivity index (χ3n) is 8.32. The van der Waals surface area contributed by atoms with Gasteiger partial charge in [-0.15, -0.1) is 0 Å². The fourth-order valence-electron chi connectivity index (χ4n) is 5.92. The van der Waals surface area contributed by atoms with Crippen LogP contribution in [0.2, 0.25) is 0 Å². The van der Waals surface area contributed by atoms with Crippen molar-refractivity contribution < 1.29 is 28.1 Å². The molecule has 3 aromatic carbocycles. The van der Waals surface area contributed by atoms with Gasteiger partial charge in [0.25, 0.3) is 0 Å². The van der Waals surface area contributed by atoms with E-state index >= 15 is 4.39 Å². The smallest absolute Gasteiger partial charge is 0.306 e. The van der Waals surface area contributed by atoms with E-state index in [0.717, 1.165) is 53.7 Å². The lowest BCUT2D eigenvalue weighted by atomic mass is 9.75. The Bertz CT molecular complexity index is 1350. The molecule has 1 aliphatic heterocycles. The van der Waals surface area contributed by atoms with Gasteiger partial charge in [0.1, 0.15) is 23.9 Å². The highest BCUT2D eigenvalue weighted by Gasteiger charge is 2.37. The SMILES string of the molecule is COC(=O)C[C@@H](c1cccc(OCc2ccc(-c3cc(OC)ccc3F)c([C@H]3OCCCC3(C)C)c2)c1)C1CC1. The molecule has 0 N–H and O–H groups in total. The molecule has 6 heteroatoms. The van der Waals surface area contributed by atoms with Crippen LogP contribution in [0.25, 0.3) is 11.1 Å². The van der Waals surface area contributed by atoms with Crippen LogP contribution in [-0.4, -0.2) is 26.8 Å². The second-order valence-corrected chi connectivity index (χ2v) is 11.7. The average Bonchev–Trinajstić information content (AvgIpc) is 3.80. The molecule has 1 saturated carbocycles. The Morgan fingerprint density at radius 2 is 1.85 bits per heavy atom. The molecule has 212 valence electrons. The predicted octanol–water partition coefficient (Wildman–Crippen LogP) is 8.01. The number of hydrogen-bond acceptors (Lipinski definition) is 5. The quantitative estimate of drug-likeness (QED) is 0.241. The molecule has 0 bridgehead atoms. The number of ether oxygens (including phenoxy) is 4. The molecule has 1 aliphatic carbocycles. The van der Waals surface area contributed by atoms with E-state index in [1.54, 1.807) is 19.2 Å². The van der Waals surface area contributed by atoms with Gasteiger partial charge in [-0.3, -0.25) is 4.79 Å². The van der Waals surface area contributed by atoms with Crippen LogP contribution in [0.5, 0.6) is 11.5 Å². The van der Waals surface area contributed by atoms with Crippen LogP contribution >= 0.6 is 0 Å². The minimum absolute atomic E-state index is 0.104. The molecular formula is C34H39FO5. The molecule has 1 saturated heterocycles. The largest absolute Gasteiger partial charge is 0.497 e. The Hall–Kier alpha value is -3.38. The van der Waals surface area contributed by atoms with Gasteiger partial charge < -0.3 is 18.9 Å². The monoisotopic (exact) mass is 546 g/mol.